The molecule has 1 heterocycles. The van der Waals surface area contributed by atoms with Gasteiger partial charge >= 0.3 is 0 Å². The quantitative estimate of drug-likeness (QED) is 0.431. The molecule has 1 aromatic heterocycles. The molecule has 0 aliphatic carbocycles. The van der Waals surface area contributed by atoms with Crippen molar-refractivity contribution in [3.05, 3.63) is 51.3 Å². The number of benzene rings is 2. The number of hydrogen-bond donors (Lipinski definition) is 1. The molecular formula is C21H23BrN2O4. The summed E-state index contributed by atoms with van der Waals surface area (Å²) >= 11 is 3.39. The summed E-state index contributed by atoms with van der Waals surface area (Å²) in [4.78, 5) is 11.2. The minimum Gasteiger partial charge on any atom is -0.493 e. The van der Waals surface area contributed by atoms with Crippen LogP contribution in [0.2, 0.25) is 0 Å². The fourth-order valence-corrected chi connectivity index (χ4v) is 3.42. The maximum absolute atomic E-state index is 11.2. The molecule has 2 aromatic carbocycles. The van der Waals surface area contributed by atoms with Gasteiger partial charge in [-0.1, -0.05) is 35.8 Å². The van der Waals surface area contributed by atoms with Crippen molar-refractivity contribution in [1.29, 1.82) is 0 Å². The van der Waals surface area contributed by atoms with Gasteiger partial charge in [0.2, 0.25) is 5.88 Å². The number of aromatic hydroxyl groups is 1. The van der Waals surface area contributed by atoms with Crippen LogP contribution in [0.1, 0.15) is 25.8 Å². The SMILES string of the molecule is COc1cc(Cn2c(O)c(N=O)c3cc(Br)ccc32)ccc1OCCC(C)C. The first kappa shape index (κ1) is 20.2. The van der Waals surface area contributed by atoms with Crippen molar-refractivity contribution in [2.75, 3.05) is 13.7 Å². The van der Waals surface area contributed by atoms with Crippen LogP contribution in [-0.4, -0.2) is 23.4 Å². The van der Waals surface area contributed by atoms with Crippen molar-refractivity contribution in [1.82, 2.24) is 4.57 Å². The van der Waals surface area contributed by atoms with Crippen molar-refractivity contribution in [3.8, 4) is 17.4 Å². The maximum atomic E-state index is 11.2. The zero-order valence-electron chi connectivity index (χ0n) is 16.1. The Morgan fingerprint density at radius 1 is 1.18 bits per heavy atom. The van der Waals surface area contributed by atoms with Crippen LogP contribution in [0.4, 0.5) is 5.69 Å². The Balaban J connectivity index is 1.92. The van der Waals surface area contributed by atoms with E-state index >= 15 is 0 Å². The second kappa shape index (κ2) is 8.65. The van der Waals surface area contributed by atoms with Gasteiger partial charge in [-0.25, -0.2) is 0 Å². The van der Waals surface area contributed by atoms with Crippen molar-refractivity contribution in [3.63, 3.8) is 0 Å². The van der Waals surface area contributed by atoms with Gasteiger partial charge in [0.15, 0.2) is 17.2 Å². The predicted octanol–water partition coefficient (Wildman–Crippen LogP) is 5.99. The highest BCUT2D eigenvalue weighted by Gasteiger charge is 2.18. The lowest BCUT2D eigenvalue weighted by atomic mass is 10.1. The van der Waals surface area contributed by atoms with Crippen molar-refractivity contribution < 1.29 is 14.6 Å². The zero-order chi connectivity index (χ0) is 20.3. The molecule has 3 aromatic rings. The lowest BCUT2D eigenvalue weighted by molar-refractivity contribution is 0.273. The zero-order valence-corrected chi connectivity index (χ0v) is 17.7. The number of nitroso groups, excluding NO2 is 1. The Labute approximate surface area is 172 Å². The van der Waals surface area contributed by atoms with Gasteiger partial charge in [0.1, 0.15) is 0 Å². The van der Waals surface area contributed by atoms with Gasteiger partial charge in [0.25, 0.3) is 0 Å². The monoisotopic (exact) mass is 446 g/mol. The number of halogens is 1. The summed E-state index contributed by atoms with van der Waals surface area (Å²) in [7, 11) is 1.60. The smallest absolute Gasteiger partial charge is 0.222 e. The molecule has 6 nitrogen and oxygen atoms in total. The van der Waals surface area contributed by atoms with Gasteiger partial charge in [-0.2, -0.15) is 0 Å². The lowest BCUT2D eigenvalue weighted by Gasteiger charge is -2.14. The fourth-order valence-electron chi connectivity index (χ4n) is 3.06. The summed E-state index contributed by atoms with van der Waals surface area (Å²) in [5.41, 5.74) is 1.67. The number of rotatable bonds is 8. The number of ether oxygens (including phenoxy) is 2. The topological polar surface area (TPSA) is 73.0 Å². The van der Waals surface area contributed by atoms with Crippen LogP contribution < -0.4 is 9.47 Å². The molecular weight excluding hydrogens is 424 g/mol. The Kier molecular flexibility index (Phi) is 6.24. The van der Waals surface area contributed by atoms with Gasteiger partial charge in [0, 0.05) is 9.86 Å². The molecule has 0 aliphatic rings. The van der Waals surface area contributed by atoms with Crippen molar-refractivity contribution in [2.24, 2.45) is 11.1 Å². The number of nitrogens with zero attached hydrogens (tertiary/aromatic N) is 2. The van der Waals surface area contributed by atoms with E-state index in [1.54, 1.807) is 17.7 Å². The third-order valence-electron chi connectivity index (χ3n) is 4.58. The molecule has 0 atom stereocenters. The molecule has 0 radical (unpaired) electrons. The first-order valence-electron chi connectivity index (χ1n) is 9.08. The van der Waals surface area contributed by atoms with E-state index in [0.29, 0.717) is 36.0 Å². The molecule has 28 heavy (non-hydrogen) atoms. The summed E-state index contributed by atoms with van der Waals surface area (Å²) in [5, 5.41) is 14.1. The van der Waals surface area contributed by atoms with Crippen LogP contribution in [-0.2, 0) is 6.54 Å². The maximum Gasteiger partial charge on any atom is 0.222 e. The van der Waals surface area contributed by atoms with Gasteiger partial charge in [-0.05, 0) is 53.4 Å². The highest BCUT2D eigenvalue weighted by atomic mass is 79.9. The summed E-state index contributed by atoms with van der Waals surface area (Å²) < 4.78 is 13.8. The number of hydrogen-bond acceptors (Lipinski definition) is 5. The average molecular weight is 447 g/mol. The van der Waals surface area contributed by atoms with Crippen LogP contribution in [0.3, 0.4) is 0 Å². The molecule has 0 spiro atoms. The standard InChI is InChI=1S/C21H23BrN2O4/c1-13(2)8-9-28-18-7-4-14(10-19(18)27-3)12-24-17-6-5-15(22)11-16(17)20(23-26)21(24)25/h4-7,10-11,13,25H,8-9,12H2,1-3H3. The van der Waals surface area contributed by atoms with Gasteiger partial charge in [0.05, 0.1) is 25.8 Å². The fraction of sp³-hybridized carbons (Fsp3) is 0.333. The van der Waals surface area contributed by atoms with E-state index in [2.05, 4.69) is 35.0 Å². The highest BCUT2D eigenvalue weighted by molar-refractivity contribution is 9.10. The van der Waals surface area contributed by atoms with E-state index in [-0.39, 0.29) is 11.6 Å². The minimum absolute atomic E-state index is 0.0388. The van der Waals surface area contributed by atoms with Crippen LogP contribution in [0, 0.1) is 10.8 Å². The van der Waals surface area contributed by atoms with E-state index < -0.39 is 0 Å². The predicted molar refractivity (Wildman–Crippen MR) is 114 cm³/mol. The third kappa shape index (κ3) is 4.14. The van der Waals surface area contributed by atoms with Crippen molar-refractivity contribution in [2.45, 2.75) is 26.8 Å². The van der Waals surface area contributed by atoms with E-state index in [0.717, 1.165) is 22.0 Å². The lowest BCUT2D eigenvalue weighted by Crippen LogP contribution is -2.04. The molecule has 1 N–H and O–H groups in total. The van der Waals surface area contributed by atoms with Crippen LogP contribution >= 0.6 is 15.9 Å². The molecule has 0 saturated carbocycles. The summed E-state index contributed by atoms with van der Waals surface area (Å²) in [6.45, 7) is 5.29. The van der Waals surface area contributed by atoms with Gasteiger partial charge in [-0.15, -0.1) is 4.91 Å². The highest BCUT2D eigenvalue weighted by Crippen LogP contribution is 2.40. The molecule has 7 heteroatoms. The number of methoxy groups -OCH3 is 1. The summed E-state index contributed by atoms with van der Waals surface area (Å²) in [6, 6.07) is 11.1. The Morgan fingerprint density at radius 3 is 2.64 bits per heavy atom. The van der Waals surface area contributed by atoms with Gasteiger partial charge < -0.3 is 19.1 Å². The number of aromatic nitrogens is 1. The molecule has 3 rings (SSSR count). The second-order valence-electron chi connectivity index (χ2n) is 7.03. The molecule has 0 bridgehead atoms. The molecule has 0 unspecified atom stereocenters. The first-order chi connectivity index (χ1) is 13.4. The largest absolute Gasteiger partial charge is 0.493 e. The van der Waals surface area contributed by atoms with Crippen LogP contribution in [0.5, 0.6) is 17.4 Å². The Morgan fingerprint density at radius 2 is 1.96 bits per heavy atom. The molecule has 148 valence electrons. The third-order valence-corrected chi connectivity index (χ3v) is 5.08. The van der Waals surface area contributed by atoms with Crippen LogP contribution in [0.25, 0.3) is 10.9 Å². The molecule has 0 fully saturated rings. The minimum atomic E-state index is -0.153. The first-order valence-corrected chi connectivity index (χ1v) is 9.87. The normalized spacial score (nSPS) is 11.2. The van der Waals surface area contributed by atoms with Crippen molar-refractivity contribution >= 4 is 32.5 Å². The number of fused-ring (bicyclic) bond motifs is 1. The van der Waals surface area contributed by atoms with E-state index in [9.17, 15) is 10.0 Å². The molecule has 0 amide bonds. The summed E-state index contributed by atoms with van der Waals surface area (Å²) in [6.07, 6.45) is 0.963. The van der Waals surface area contributed by atoms with Crippen LogP contribution in [0.15, 0.2) is 46.0 Å². The van der Waals surface area contributed by atoms with E-state index in [4.69, 9.17) is 9.47 Å². The second-order valence-corrected chi connectivity index (χ2v) is 7.94. The summed E-state index contributed by atoms with van der Waals surface area (Å²) in [5.74, 6) is 1.73. The van der Waals surface area contributed by atoms with E-state index in [1.807, 2.05) is 30.3 Å². The Bertz CT molecular complexity index is 998. The molecule has 0 aliphatic heterocycles. The average Bonchev–Trinajstić information content (AvgIpc) is 2.92. The Hall–Kier alpha value is -2.54. The van der Waals surface area contributed by atoms with Gasteiger partial charge in [-0.3, -0.25) is 0 Å². The van der Waals surface area contributed by atoms with E-state index in [1.165, 1.54) is 0 Å². The molecule has 0 saturated heterocycles.